The lowest BCUT2D eigenvalue weighted by atomic mass is 9.72. The predicted molar refractivity (Wildman–Crippen MR) is 125 cm³/mol. The Morgan fingerprint density at radius 1 is 1.17 bits per heavy atom. The highest BCUT2D eigenvalue weighted by molar-refractivity contribution is 5.73. The summed E-state index contributed by atoms with van der Waals surface area (Å²) in [6.45, 7) is 3.45. The highest BCUT2D eigenvalue weighted by Crippen LogP contribution is 2.43. The Labute approximate surface area is 202 Å². The Balaban J connectivity index is 1.34. The number of hydrogen-bond acceptors (Lipinski definition) is 8. The molecule has 0 atom stereocenters. The maximum atomic E-state index is 12.6. The minimum absolute atomic E-state index is 0.0259. The van der Waals surface area contributed by atoms with E-state index in [2.05, 4.69) is 19.9 Å². The van der Waals surface area contributed by atoms with Crippen molar-refractivity contribution in [1.82, 2.24) is 19.9 Å². The van der Waals surface area contributed by atoms with Crippen molar-refractivity contribution in [2.24, 2.45) is 5.41 Å². The summed E-state index contributed by atoms with van der Waals surface area (Å²) in [5.74, 6) is 2.87. The van der Waals surface area contributed by atoms with E-state index in [-0.39, 0.29) is 23.0 Å². The number of ether oxygens (including phenoxy) is 2. The monoisotopic (exact) mass is 488 g/mol. The van der Waals surface area contributed by atoms with E-state index < -0.39 is 6.61 Å². The van der Waals surface area contributed by atoms with Crippen LogP contribution in [0.2, 0.25) is 0 Å². The molecule has 5 heterocycles. The van der Waals surface area contributed by atoms with E-state index in [9.17, 15) is 13.6 Å². The number of nitrogens with zero attached hydrogens (tertiary/aromatic N) is 5. The molecule has 2 aromatic rings. The summed E-state index contributed by atoms with van der Waals surface area (Å²) in [4.78, 5) is 29.7. The van der Waals surface area contributed by atoms with Crippen LogP contribution in [-0.4, -0.2) is 71.8 Å². The average Bonchev–Trinajstić information content (AvgIpc) is 2.83. The van der Waals surface area contributed by atoms with Crippen molar-refractivity contribution in [3.63, 3.8) is 0 Å². The molecule has 0 aromatic carbocycles. The van der Waals surface area contributed by atoms with Crippen LogP contribution in [0.1, 0.15) is 44.3 Å². The normalized spacial score (nSPS) is 20.1. The van der Waals surface area contributed by atoms with Gasteiger partial charge in [0.15, 0.2) is 0 Å². The van der Waals surface area contributed by atoms with Crippen molar-refractivity contribution in [2.45, 2.75) is 45.1 Å². The zero-order chi connectivity index (χ0) is 24.4. The number of pyridine rings is 1. The highest BCUT2D eigenvalue weighted by atomic mass is 19.3. The van der Waals surface area contributed by atoms with Crippen LogP contribution in [0, 0.1) is 5.41 Å². The number of nitrogens with one attached hydrogen (secondary N) is 1. The number of carbonyl (C=O) groups excluding carboxylic acids is 1. The first-order valence-electron chi connectivity index (χ1n) is 12.0. The molecule has 0 unspecified atom stereocenters. The van der Waals surface area contributed by atoms with Crippen LogP contribution in [0.4, 0.5) is 26.2 Å². The average molecular weight is 489 g/mol. The lowest BCUT2D eigenvalue weighted by Gasteiger charge is -2.54. The van der Waals surface area contributed by atoms with E-state index in [1.54, 1.807) is 6.92 Å². The van der Waals surface area contributed by atoms with Gasteiger partial charge in [-0.3, -0.25) is 4.79 Å². The van der Waals surface area contributed by atoms with E-state index in [4.69, 9.17) is 14.7 Å². The summed E-state index contributed by atoms with van der Waals surface area (Å²) in [6.07, 6.45) is 5.10. The first-order chi connectivity index (χ1) is 16.9. The van der Waals surface area contributed by atoms with Crippen molar-refractivity contribution in [1.29, 1.82) is 0 Å². The fourth-order valence-corrected chi connectivity index (χ4v) is 5.14. The zero-order valence-electron chi connectivity index (χ0n) is 19.8. The summed E-state index contributed by atoms with van der Waals surface area (Å²) in [5.41, 5.74) is 0.214. The summed E-state index contributed by atoms with van der Waals surface area (Å²) < 4.78 is 35.2. The second-order valence-corrected chi connectivity index (χ2v) is 9.60. The number of likely N-dealkylation sites (tertiary alicyclic amines) is 1. The summed E-state index contributed by atoms with van der Waals surface area (Å²) >= 11 is 0. The van der Waals surface area contributed by atoms with Gasteiger partial charge in [-0.05, 0) is 31.7 Å². The van der Waals surface area contributed by atoms with Crippen molar-refractivity contribution in [2.75, 3.05) is 49.6 Å². The van der Waals surface area contributed by atoms with Gasteiger partial charge in [0.2, 0.25) is 5.91 Å². The Kier molecular flexibility index (Phi) is 6.68. The van der Waals surface area contributed by atoms with Crippen molar-refractivity contribution in [3.05, 3.63) is 30.2 Å². The van der Waals surface area contributed by atoms with Crippen LogP contribution in [0.15, 0.2) is 24.4 Å². The van der Waals surface area contributed by atoms with Gasteiger partial charge in [-0.25, -0.2) is 15.0 Å². The number of amides is 1. The van der Waals surface area contributed by atoms with Gasteiger partial charge in [-0.15, -0.1) is 0 Å². The van der Waals surface area contributed by atoms with E-state index >= 15 is 0 Å². The Morgan fingerprint density at radius 2 is 1.91 bits per heavy atom. The molecule has 1 spiro atoms. The van der Waals surface area contributed by atoms with Gasteiger partial charge in [0, 0.05) is 76.0 Å². The van der Waals surface area contributed by atoms with Gasteiger partial charge in [-0.1, -0.05) is 0 Å². The summed E-state index contributed by atoms with van der Waals surface area (Å²) in [5, 5.41) is 3.14. The van der Waals surface area contributed by atoms with E-state index in [1.165, 1.54) is 18.3 Å². The minimum Gasteiger partial charge on any atom is -0.435 e. The Morgan fingerprint density at radius 3 is 2.60 bits per heavy atom. The molecule has 5 rings (SSSR count). The summed E-state index contributed by atoms with van der Waals surface area (Å²) in [7, 11) is 0. The topological polar surface area (TPSA) is 92.7 Å². The van der Waals surface area contributed by atoms with Gasteiger partial charge >= 0.3 is 6.61 Å². The molecule has 0 aliphatic carbocycles. The Hall–Kier alpha value is -3.08. The predicted octanol–water partition coefficient (Wildman–Crippen LogP) is 3.56. The molecule has 3 saturated heterocycles. The van der Waals surface area contributed by atoms with Crippen LogP contribution < -0.4 is 15.0 Å². The maximum Gasteiger partial charge on any atom is 0.387 e. The quantitative estimate of drug-likeness (QED) is 0.660. The fourth-order valence-electron chi connectivity index (χ4n) is 5.14. The van der Waals surface area contributed by atoms with Gasteiger partial charge in [-0.2, -0.15) is 8.78 Å². The van der Waals surface area contributed by atoms with E-state index in [0.29, 0.717) is 24.8 Å². The molecule has 3 aliphatic heterocycles. The number of hydrogen-bond donors (Lipinski definition) is 1. The maximum absolute atomic E-state index is 12.6. The number of rotatable bonds is 6. The second-order valence-electron chi connectivity index (χ2n) is 9.60. The minimum atomic E-state index is -2.91. The number of anilines is 3. The molecule has 9 nitrogen and oxygen atoms in total. The van der Waals surface area contributed by atoms with Crippen LogP contribution in [0.3, 0.4) is 0 Å². The van der Waals surface area contributed by atoms with Gasteiger partial charge in [0.05, 0.1) is 0 Å². The molecule has 0 radical (unpaired) electrons. The van der Waals surface area contributed by atoms with Crippen molar-refractivity contribution >= 4 is 23.4 Å². The molecule has 3 fully saturated rings. The lowest BCUT2D eigenvalue weighted by Crippen LogP contribution is -2.61. The number of piperidine rings is 1. The van der Waals surface area contributed by atoms with Gasteiger partial charge in [0.25, 0.3) is 0 Å². The van der Waals surface area contributed by atoms with Crippen LogP contribution in [0.25, 0.3) is 0 Å². The third-order valence-corrected chi connectivity index (χ3v) is 7.18. The van der Waals surface area contributed by atoms with Crippen molar-refractivity contribution in [3.8, 4) is 5.75 Å². The van der Waals surface area contributed by atoms with Crippen LogP contribution in [0.5, 0.6) is 5.75 Å². The molecule has 188 valence electrons. The number of aromatic nitrogens is 3. The molecule has 0 bridgehead atoms. The van der Waals surface area contributed by atoms with Gasteiger partial charge < -0.3 is 24.6 Å². The van der Waals surface area contributed by atoms with Crippen molar-refractivity contribution < 1.29 is 23.0 Å². The number of alkyl halides is 2. The Bertz CT molecular complexity index is 1050. The first kappa shape index (κ1) is 23.7. The third kappa shape index (κ3) is 5.44. The molecule has 35 heavy (non-hydrogen) atoms. The smallest absolute Gasteiger partial charge is 0.387 e. The second kappa shape index (κ2) is 9.88. The largest absolute Gasteiger partial charge is 0.435 e. The SMILES string of the molecule is CC(=O)N1CCC2(CC1)CN(c1cc(Nc3cc(OC(F)F)ccn3)nc(C3CCOCC3)n1)C2. The third-order valence-electron chi connectivity index (χ3n) is 7.18. The molecular formula is C24H30F2N6O3. The number of halogens is 2. The van der Waals surface area contributed by atoms with E-state index in [0.717, 1.165) is 63.5 Å². The highest BCUT2D eigenvalue weighted by Gasteiger charge is 2.46. The molecular weight excluding hydrogens is 458 g/mol. The standard InChI is InChI=1S/C24H30F2N6O3/c1-16(33)31-8-5-24(6-9-31)14-32(15-24)21-13-20(29-22(30-21)17-3-10-34-11-4-17)28-19-12-18(2-7-27-19)35-23(25)26/h2,7,12-13,17,23H,3-6,8-11,14-15H2,1H3,(H,27,28,29,30). The lowest BCUT2D eigenvalue weighted by molar-refractivity contribution is -0.131. The molecule has 3 aliphatic rings. The first-order valence-corrected chi connectivity index (χ1v) is 12.0. The van der Waals surface area contributed by atoms with Crippen LogP contribution in [-0.2, 0) is 9.53 Å². The fraction of sp³-hybridized carbons (Fsp3) is 0.583. The molecule has 0 saturated carbocycles. The summed E-state index contributed by atoms with van der Waals surface area (Å²) in [6, 6.07) is 4.68. The van der Waals surface area contributed by atoms with Crippen LogP contribution >= 0.6 is 0 Å². The molecule has 11 heteroatoms. The molecule has 1 amide bonds. The van der Waals surface area contributed by atoms with Gasteiger partial charge in [0.1, 0.15) is 29.0 Å². The molecule has 1 N–H and O–H groups in total. The number of carbonyl (C=O) groups is 1. The van der Waals surface area contributed by atoms with E-state index in [1.807, 2.05) is 11.0 Å². The molecule has 2 aromatic heterocycles. The zero-order valence-corrected chi connectivity index (χ0v) is 19.8.